The van der Waals surface area contributed by atoms with Crippen LogP contribution in [0.5, 0.6) is 0 Å². The highest BCUT2D eigenvalue weighted by molar-refractivity contribution is 9.10. The quantitative estimate of drug-likeness (QED) is 0.679. The first-order chi connectivity index (χ1) is 7.79. The average Bonchev–Trinajstić information content (AvgIpc) is 2.32. The van der Waals surface area contributed by atoms with Gasteiger partial charge in [-0.25, -0.2) is 0 Å². The van der Waals surface area contributed by atoms with E-state index in [4.69, 9.17) is 11.6 Å². The molecule has 0 bridgehead atoms. The summed E-state index contributed by atoms with van der Waals surface area (Å²) >= 11 is 9.10. The fourth-order valence-corrected chi connectivity index (χ4v) is 2.95. The van der Waals surface area contributed by atoms with Crippen molar-refractivity contribution in [2.24, 2.45) is 5.92 Å². The third-order valence-electron chi connectivity index (χ3n) is 3.46. The van der Waals surface area contributed by atoms with Crippen LogP contribution in [0, 0.1) is 5.92 Å². The van der Waals surface area contributed by atoms with Crippen molar-refractivity contribution in [1.82, 2.24) is 0 Å². The first-order valence-electron chi connectivity index (χ1n) is 5.82. The van der Waals surface area contributed by atoms with Gasteiger partial charge in [0.05, 0.1) is 0 Å². The molecule has 1 aromatic rings. The van der Waals surface area contributed by atoms with Gasteiger partial charge in [0.1, 0.15) is 0 Å². The van der Waals surface area contributed by atoms with Crippen LogP contribution < -0.4 is 0 Å². The summed E-state index contributed by atoms with van der Waals surface area (Å²) in [4.78, 5) is 0. The Bertz CT molecular complexity index is 348. The van der Waals surface area contributed by atoms with Crippen molar-refractivity contribution >= 4 is 27.5 Å². The van der Waals surface area contributed by atoms with Crippen LogP contribution in [-0.4, -0.2) is 0 Å². The topological polar surface area (TPSA) is 0 Å². The molecule has 0 N–H and O–H groups in total. The number of allylic oxidation sites excluding steroid dienone is 1. The molecule has 0 amide bonds. The van der Waals surface area contributed by atoms with Crippen molar-refractivity contribution in [1.29, 1.82) is 0 Å². The van der Waals surface area contributed by atoms with Crippen LogP contribution in [0.1, 0.15) is 37.2 Å². The molecule has 1 aliphatic carbocycles. The van der Waals surface area contributed by atoms with Crippen LogP contribution in [0.15, 0.2) is 40.3 Å². The smallest absolute Gasteiger partial charge is 0.0175 e. The number of rotatable bonds is 2. The highest BCUT2D eigenvalue weighted by Gasteiger charge is 2.20. The van der Waals surface area contributed by atoms with Gasteiger partial charge in [-0.1, -0.05) is 45.7 Å². The lowest BCUT2D eigenvalue weighted by atomic mass is 9.79. The molecule has 1 aromatic carbocycles. The Balaban J connectivity index is 1.96. The summed E-state index contributed by atoms with van der Waals surface area (Å²) in [7, 11) is 0. The van der Waals surface area contributed by atoms with Gasteiger partial charge in [0.2, 0.25) is 0 Å². The molecule has 0 heterocycles. The molecule has 86 valence electrons. The lowest BCUT2D eigenvalue weighted by Gasteiger charge is -2.26. The van der Waals surface area contributed by atoms with Crippen molar-refractivity contribution in [3.05, 3.63) is 45.9 Å². The Labute approximate surface area is 111 Å². The van der Waals surface area contributed by atoms with Gasteiger partial charge >= 0.3 is 0 Å². The fraction of sp³-hybridized carbons (Fsp3) is 0.429. The second-order valence-corrected chi connectivity index (χ2v) is 5.65. The maximum absolute atomic E-state index is 5.62. The molecule has 0 aromatic heterocycles. The van der Waals surface area contributed by atoms with E-state index >= 15 is 0 Å². The monoisotopic (exact) mass is 298 g/mol. The standard InChI is InChI=1S/C14H16BrCl/c15-14-7-5-13(6-8-14)12-3-1-11(2-4-12)9-10-16/h5-12H,1-4H2/b10-9+. The molecule has 0 nitrogen and oxygen atoms in total. The zero-order valence-corrected chi connectivity index (χ0v) is 11.5. The predicted molar refractivity (Wildman–Crippen MR) is 73.8 cm³/mol. The van der Waals surface area contributed by atoms with E-state index in [2.05, 4.69) is 46.3 Å². The summed E-state index contributed by atoms with van der Waals surface area (Å²) < 4.78 is 1.16. The minimum Gasteiger partial charge on any atom is -0.0933 e. The molecule has 1 fully saturated rings. The number of benzene rings is 1. The summed E-state index contributed by atoms with van der Waals surface area (Å²) in [6.45, 7) is 0. The van der Waals surface area contributed by atoms with Gasteiger partial charge in [-0.3, -0.25) is 0 Å². The molecule has 0 aliphatic heterocycles. The number of halogens is 2. The van der Waals surface area contributed by atoms with Gasteiger partial charge in [-0.2, -0.15) is 0 Å². The van der Waals surface area contributed by atoms with Gasteiger partial charge in [0.25, 0.3) is 0 Å². The molecule has 1 aliphatic rings. The minimum atomic E-state index is 0.698. The highest BCUT2D eigenvalue weighted by Crippen LogP contribution is 2.36. The molecule has 0 atom stereocenters. The Hall–Kier alpha value is -0.270. The second-order valence-electron chi connectivity index (χ2n) is 4.48. The van der Waals surface area contributed by atoms with Crippen molar-refractivity contribution in [3.8, 4) is 0 Å². The maximum Gasteiger partial charge on any atom is 0.0175 e. The summed E-state index contributed by atoms with van der Waals surface area (Å²) in [5.41, 5.74) is 3.15. The molecule has 1 saturated carbocycles. The van der Waals surface area contributed by atoms with E-state index in [0.717, 1.165) is 10.4 Å². The van der Waals surface area contributed by atoms with Crippen LogP contribution in [0.2, 0.25) is 0 Å². The molecule has 2 heteroatoms. The maximum atomic E-state index is 5.62. The van der Waals surface area contributed by atoms with Crippen LogP contribution >= 0.6 is 27.5 Å². The van der Waals surface area contributed by atoms with Crippen molar-refractivity contribution in [2.45, 2.75) is 31.6 Å². The molecule has 0 saturated heterocycles. The molecule has 0 spiro atoms. The number of hydrogen-bond acceptors (Lipinski definition) is 0. The summed E-state index contributed by atoms with van der Waals surface area (Å²) in [6, 6.07) is 8.76. The van der Waals surface area contributed by atoms with E-state index in [1.807, 2.05) is 0 Å². The summed E-state index contributed by atoms with van der Waals surface area (Å²) in [5, 5.41) is 0. The van der Waals surface area contributed by atoms with E-state index in [0.29, 0.717) is 5.92 Å². The van der Waals surface area contributed by atoms with Gasteiger partial charge in [0, 0.05) is 10.0 Å². The van der Waals surface area contributed by atoms with Crippen molar-refractivity contribution in [3.63, 3.8) is 0 Å². The zero-order valence-electron chi connectivity index (χ0n) is 9.20. The third-order valence-corrected chi connectivity index (χ3v) is 4.13. The molecule has 2 rings (SSSR count). The Morgan fingerprint density at radius 2 is 1.69 bits per heavy atom. The Kier molecular flexibility index (Phi) is 4.48. The molecule has 16 heavy (non-hydrogen) atoms. The van der Waals surface area contributed by atoms with Gasteiger partial charge in [-0.15, -0.1) is 0 Å². The largest absolute Gasteiger partial charge is 0.0933 e. The van der Waals surface area contributed by atoms with Crippen LogP contribution in [0.25, 0.3) is 0 Å². The predicted octanol–water partition coefficient (Wildman–Crippen LogP) is 5.48. The van der Waals surface area contributed by atoms with E-state index in [1.54, 1.807) is 5.54 Å². The molecule has 0 radical (unpaired) electrons. The zero-order chi connectivity index (χ0) is 11.4. The van der Waals surface area contributed by atoms with E-state index in [1.165, 1.54) is 31.2 Å². The highest BCUT2D eigenvalue weighted by atomic mass is 79.9. The normalized spacial score (nSPS) is 26.1. The van der Waals surface area contributed by atoms with Crippen LogP contribution in [0.4, 0.5) is 0 Å². The Morgan fingerprint density at radius 1 is 1.06 bits per heavy atom. The minimum absolute atomic E-state index is 0.698. The van der Waals surface area contributed by atoms with Crippen LogP contribution in [-0.2, 0) is 0 Å². The molecule has 0 unspecified atom stereocenters. The van der Waals surface area contributed by atoms with Gasteiger partial charge < -0.3 is 0 Å². The fourth-order valence-electron chi connectivity index (χ4n) is 2.48. The first-order valence-corrected chi connectivity index (χ1v) is 7.05. The lowest BCUT2D eigenvalue weighted by molar-refractivity contribution is 0.376. The molecular weight excluding hydrogens is 284 g/mol. The van der Waals surface area contributed by atoms with E-state index < -0.39 is 0 Å². The van der Waals surface area contributed by atoms with Crippen LogP contribution in [0.3, 0.4) is 0 Å². The lowest BCUT2D eigenvalue weighted by Crippen LogP contribution is -2.11. The second kappa shape index (κ2) is 5.88. The Morgan fingerprint density at radius 3 is 2.25 bits per heavy atom. The van der Waals surface area contributed by atoms with E-state index in [-0.39, 0.29) is 0 Å². The van der Waals surface area contributed by atoms with Crippen molar-refractivity contribution < 1.29 is 0 Å². The first kappa shape index (κ1) is 12.2. The SMILES string of the molecule is Cl/C=C/C1CCC(c2ccc(Br)cc2)CC1. The summed E-state index contributed by atoms with van der Waals surface area (Å²) in [6.07, 6.45) is 7.24. The molecular formula is C14H16BrCl. The van der Waals surface area contributed by atoms with Gasteiger partial charge in [0.15, 0.2) is 0 Å². The van der Waals surface area contributed by atoms with E-state index in [9.17, 15) is 0 Å². The number of hydrogen-bond donors (Lipinski definition) is 0. The third kappa shape index (κ3) is 3.11. The van der Waals surface area contributed by atoms with Gasteiger partial charge in [-0.05, 0) is 55.2 Å². The average molecular weight is 300 g/mol. The summed E-state index contributed by atoms with van der Waals surface area (Å²) in [5.74, 6) is 1.44. The van der Waals surface area contributed by atoms with Crippen molar-refractivity contribution in [2.75, 3.05) is 0 Å².